The van der Waals surface area contributed by atoms with Gasteiger partial charge >= 0.3 is 0 Å². The first-order valence-electron chi connectivity index (χ1n) is 2.73. The first-order valence-corrected chi connectivity index (χ1v) is 2.73. The average molecular weight is 126 g/mol. The van der Waals surface area contributed by atoms with Crippen LogP contribution < -0.4 is 0 Å². The van der Waals surface area contributed by atoms with E-state index in [4.69, 9.17) is 0 Å². The monoisotopic (exact) mass is 126 g/mol. The van der Waals surface area contributed by atoms with Crippen molar-refractivity contribution >= 4 is 12.1 Å². The molecule has 0 atom stereocenters. The van der Waals surface area contributed by atoms with E-state index in [1.165, 1.54) is 6.92 Å². The van der Waals surface area contributed by atoms with Crippen molar-refractivity contribution in [2.75, 3.05) is 0 Å². The number of carbonyl (C=O) groups is 2. The maximum Gasteiger partial charge on any atom is 0.155 e. The number of ketones is 1. The van der Waals surface area contributed by atoms with Crippen molar-refractivity contribution in [1.29, 1.82) is 0 Å². The van der Waals surface area contributed by atoms with Crippen molar-refractivity contribution in [2.45, 2.75) is 20.8 Å². The average Bonchev–Trinajstić information content (AvgIpc) is 1.84. The Morgan fingerprint density at radius 2 is 1.67 bits per heavy atom. The Bertz CT molecular complexity index is 166. The second kappa shape index (κ2) is 3.17. The second-order valence-electron chi connectivity index (χ2n) is 1.98. The van der Waals surface area contributed by atoms with Crippen molar-refractivity contribution in [1.82, 2.24) is 0 Å². The lowest BCUT2D eigenvalue weighted by Crippen LogP contribution is -1.95. The van der Waals surface area contributed by atoms with Gasteiger partial charge in [-0.2, -0.15) is 0 Å². The van der Waals surface area contributed by atoms with Crippen LogP contribution in [0.4, 0.5) is 0 Å². The molecular formula is C7H10O2. The summed E-state index contributed by atoms with van der Waals surface area (Å²) in [7, 11) is 0. The maximum absolute atomic E-state index is 10.5. The van der Waals surface area contributed by atoms with Crippen LogP contribution in [-0.4, -0.2) is 12.1 Å². The Morgan fingerprint density at radius 3 is 1.78 bits per heavy atom. The zero-order valence-electron chi connectivity index (χ0n) is 5.89. The van der Waals surface area contributed by atoms with E-state index >= 15 is 0 Å². The highest BCUT2D eigenvalue weighted by Gasteiger charge is 1.98. The van der Waals surface area contributed by atoms with Gasteiger partial charge in [0.1, 0.15) is 6.29 Å². The summed E-state index contributed by atoms with van der Waals surface area (Å²) in [5, 5.41) is 0. The van der Waals surface area contributed by atoms with E-state index in [0.29, 0.717) is 17.4 Å². The highest BCUT2D eigenvalue weighted by Crippen LogP contribution is 1.99. The lowest BCUT2D eigenvalue weighted by Gasteiger charge is -1.93. The molecule has 0 amide bonds. The van der Waals surface area contributed by atoms with Crippen LogP contribution in [0.3, 0.4) is 0 Å². The van der Waals surface area contributed by atoms with E-state index in [1.54, 1.807) is 13.8 Å². The topological polar surface area (TPSA) is 34.1 Å². The van der Waals surface area contributed by atoms with Crippen LogP contribution >= 0.6 is 0 Å². The van der Waals surface area contributed by atoms with Crippen LogP contribution in [0.15, 0.2) is 11.1 Å². The minimum absolute atomic E-state index is 0.0420. The molecule has 0 fully saturated rings. The number of rotatable bonds is 2. The fourth-order valence-electron chi connectivity index (χ4n) is 0.366. The van der Waals surface area contributed by atoms with E-state index in [-0.39, 0.29) is 5.78 Å². The summed E-state index contributed by atoms with van der Waals surface area (Å²) in [6.07, 6.45) is 0.691. The molecule has 0 radical (unpaired) electrons. The molecule has 9 heavy (non-hydrogen) atoms. The highest BCUT2D eigenvalue weighted by atomic mass is 16.1. The fraction of sp³-hybridized carbons (Fsp3) is 0.429. The number of hydrogen-bond acceptors (Lipinski definition) is 2. The van der Waals surface area contributed by atoms with Crippen LogP contribution in [0.1, 0.15) is 20.8 Å². The number of Topliss-reactive ketones (excluding diaryl/α,β-unsaturated/α-hetero) is 1. The Kier molecular flexibility index (Phi) is 2.85. The largest absolute Gasteiger partial charge is 0.298 e. The molecule has 0 spiro atoms. The lowest BCUT2D eigenvalue weighted by molar-refractivity contribution is -0.114. The fourth-order valence-corrected chi connectivity index (χ4v) is 0.366. The maximum atomic E-state index is 10.5. The van der Waals surface area contributed by atoms with Crippen LogP contribution in [0, 0.1) is 0 Å². The Morgan fingerprint density at radius 1 is 1.22 bits per heavy atom. The standard InChI is InChI=1S/C7H10O2/c1-5(4-8)6(2)7(3)9/h4H,1-3H3/b6-5-. The third kappa shape index (κ3) is 2.22. The van der Waals surface area contributed by atoms with Gasteiger partial charge < -0.3 is 0 Å². The first-order chi connectivity index (χ1) is 4.09. The van der Waals surface area contributed by atoms with Gasteiger partial charge in [0.05, 0.1) is 0 Å². The molecule has 50 valence electrons. The van der Waals surface area contributed by atoms with Gasteiger partial charge in [-0.05, 0) is 31.9 Å². The molecule has 0 bridgehead atoms. The molecular weight excluding hydrogens is 116 g/mol. The highest BCUT2D eigenvalue weighted by molar-refractivity contribution is 5.97. The van der Waals surface area contributed by atoms with Gasteiger partial charge in [0.15, 0.2) is 5.78 Å². The molecule has 0 aliphatic heterocycles. The van der Waals surface area contributed by atoms with Crippen LogP contribution in [0.2, 0.25) is 0 Å². The van der Waals surface area contributed by atoms with Crippen LogP contribution in [0.5, 0.6) is 0 Å². The quantitative estimate of drug-likeness (QED) is 0.410. The lowest BCUT2D eigenvalue weighted by atomic mass is 10.1. The van der Waals surface area contributed by atoms with Gasteiger partial charge in [-0.1, -0.05) is 0 Å². The van der Waals surface area contributed by atoms with Gasteiger partial charge in [0.25, 0.3) is 0 Å². The number of hydrogen-bond donors (Lipinski definition) is 0. The van der Waals surface area contributed by atoms with Gasteiger partial charge in [-0.25, -0.2) is 0 Å². The Balaban J connectivity index is 4.47. The van der Waals surface area contributed by atoms with Gasteiger partial charge in [-0.3, -0.25) is 9.59 Å². The molecule has 0 saturated carbocycles. The number of carbonyl (C=O) groups excluding carboxylic acids is 2. The van der Waals surface area contributed by atoms with Gasteiger partial charge in [0, 0.05) is 0 Å². The second-order valence-corrected chi connectivity index (χ2v) is 1.98. The zero-order chi connectivity index (χ0) is 7.44. The molecule has 0 N–H and O–H groups in total. The molecule has 0 aliphatic carbocycles. The summed E-state index contributed by atoms with van der Waals surface area (Å²) in [4.78, 5) is 20.6. The van der Waals surface area contributed by atoms with Crippen molar-refractivity contribution in [3.63, 3.8) is 0 Å². The first kappa shape index (κ1) is 8.08. The van der Waals surface area contributed by atoms with Crippen molar-refractivity contribution < 1.29 is 9.59 Å². The molecule has 2 nitrogen and oxygen atoms in total. The van der Waals surface area contributed by atoms with Crippen LogP contribution in [0.25, 0.3) is 0 Å². The van der Waals surface area contributed by atoms with Gasteiger partial charge in [0.2, 0.25) is 0 Å². The van der Waals surface area contributed by atoms with Crippen molar-refractivity contribution in [2.24, 2.45) is 0 Å². The van der Waals surface area contributed by atoms with E-state index in [2.05, 4.69) is 0 Å². The molecule has 0 aromatic heterocycles. The number of allylic oxidation sites excluding steroid dienone is 2. The summed E-state index contributed by atoms with van der Waals surface area (Å²) in [5.74, 6) is -0.0420. The van der Waals surface area contributed by atoms with E-state index in [9.17, 15) is 9.59 Å². The summed E-state index contributed by atoms with van der Waals surface area (Å²) >= 11 is 0. The predicted molar refractivity (Wildman–Crippen MR) is 35.1 cm³/mol. The van der Waals surface area contributed by atoms with E-state index in [1.807, 2.05) is 0 Å². The molecule has 0 unspecified atom stereocenters. The summed E-state index contributed by atoms with van der Waals surface area (Å²) < 4.78 is 0. The molecule has 0 aromatic carbocycles. The van der Waals surface area contributed by atoms with Crippen molar-refractivity contribution in [3.8, 4) is 0 Å². The minimum atomic E-state index is -0.0420. The predicted octanol–water partition coefficient (Wildman–Crippen LogP) is 1.11. The normalized spacial score (nSPS) is 12.3. The summed E-state index contributed by atoms with van der Waals surface area (Å²) in [6.45, 7) is 4.72. The summed E-state index contributed by atoms with van der Waals surface area (Å²) in [6, 6.07) is 0. The molecule has 0 aromatic rings. The zero-order valence-corrected chi connectivity index (χ0v) is 5.89. The summed E-state index contributed by atoms with van der Waals surface area (Å²) in [5.41, 5.74) is 1.06. The minimum Gasteiger partial charge on any atom is -0.298 e. The van der Waals surface area contributed by atoms with E-state index in [0.717, 1.165) is 0 Å². The SMILES string of the molecule is CC(=O)/C(C)=C(/C)C=O. The molecule has 0 saturated heterocycles. The van der Waals surface area contributed by atoms with E-state index < -0.39 is 0 Å². The van der Waals surface area contributed by atoms with Crippen molar-refractivity contribution in [3.05, 3.63) is 11.1 Å². The molecule has 0 rings (SSSR count). The van der Waals surface area contributed by atoms with Gasteiger partial charge in [-0.15, -0.1) is 0 Å². The smallest absolute Gasteiger partial charge is 0.155 e. The Labute approximate surface area is 54.6 Å². The number of aldehydes is 1. The molecule has 2 heteroatoms. The van der Waals surface area contributed by atoms with Crippen LogP contribution in [-0.2, 0) is 9.59 Å². The Hall–Kier alpha value is -0.920. The molecule has 0 aliphatic rings. The third-order valence-electron chi connectivity index (χ3n) is 1.30. The third-order valence-corrected chi connectivity index (χ3v) is 1.30. The molecule has 0 heterocycles.